The summed E-state index contributed by atoms with van der Waals surface area (Å²) in [5, 5.41) is 1.33. The molecule has 1 saturated heterocycles. The van der Waals surface area contributed by atoms with E-state index in [0.29, 0.717) is 43.3 Å². The van der Waals surface area contributed by atoms with Crippen LogP contribution >= 0.6 is 23.1 Å². The van der Waals surface area contributed by atoms with Crippen molar-refractivity contribution in [3.05, 3.63) is 50.9 Å². The first kappa shape index (κ1) is 23.8. The second-order valence-corrected chi connectivity index (χ2v) is 10.4. The molecule has 0 N–H and O–H groups in total. The molecule has 1 fully saturated rings. The Balaban J connectivity index is 1.44. The van der Waals surface area contributed by atoms with Crippen molar-refractivity contribution in [2.24, 2.45) is 0 Å². The zero-order valence-electron chi connectivity index (χ0n) is 19.3. The molecule has 0 atom stereocenters. The molecule has 3 heterocycles. The molecule has 1 amide bonds. The summed E-state index contributed by atoms with van der Waals surface area (Å²) in [5.41, 5.74) is 1.97. The van der Waals surface area contributed by atoms with Crippen molar-refractivity contribution in [1.29, 1.82) is 0 Å². The summed E-state index contributed by atoms with van der Waals surface area (Å²) in [6.45, 7) is 9.36. The van der Waals surface area contributed by atoms with Crippen molar-refractivity contribution in [1.82, 2.24) is 14.5 Å². The molecule has 6 nitrogen and oxygen atoms in total. The highest BCUT2D eigenvalue weighted by Crippen LogP contribution is 2.28. The van der Waals surface area contributed by atoms with Gasteiger partial charge in [0.15, 0.2) is 5.16 Å². The third-order valence-electron chi connectivity index (χ3n) is 6.14. The van der Waals surface area contributed by atoms with Crippen molar-refractivity contribution < 1.29 is 9.18 Å². The van der Waals surface area contributed by atoms with E-state index in [4.69, 9.17) is 4.98 Å². The van der Waals surface area contributed by atoms with Crippen molar-refractivity contribution >= 4 is 44.9 Å². The Bertz CT molecular complexity index is 1200. The number of nitrogens with zero attached hydrogens (tertiary/aromatic N) is 4. The minimum absolute atomic E-state index is 0.00170. The number of aromatic nitrogens is 2. The van der Waals surface area contributed by atoms with E-state index in [1.165, 1.54) is 35.2 Å². The number of thiophene rings is 1. The van der Waals surface area contributed by atoms with Crippen LogP contribution in [0, 0.1) is 19.7 Å². The molecule has 1 aliphatic heterocycles. The highest BCUT2D eigenvalue weighted by Gasteiger charge is 2.23. The molecule has 0 aliphatic carbocycles. The lowest BCUT2D eigenvalue weighted by atomic mass is 10.2. The summed E-state index contributed by atoms with van der Waals surface area (Å²) in [6.07, 6.45) is 1.87. The molecule has 0 unspecified atom stereocenters. The Morgan fingerprint density at radius 2 is 1.85 bits per heavy atom. The van der Waals surface area contributed by atoms with Crippen molar-refractivity contribution in [3.63, 3.8) is 0 Å². The van der Waals surface area contributed by atoms with E-state index in [-0.39, 0.29) is 23.0 Å². The normalized spacial score (nSPS) is 14.3. The number of carbonyl (C=O) groups is 1. The van der Waals surface area contributed by atoms with Gasteiger partial charge in [-0.25, -0.2) is 9.37 Å². The number of halogens is 1. The van der Waals surface area contributed by atoms with Gasteiger partial charge < -0.3 is 9.80 Å². The van der Waals surface area contributed by atoms with Gasteiger partial charge in [-0.3, -0.25) is 14.2 Å². The fourth-order valence-electron chi connectivity index (χ4n) is 4.02. The zero-order chi connectivity index (χ0) is 23.5. The van der Waals surface area contributed by atoms with Gasteiger partial charge in [0.25, 0.3) is 5.56 Å². The quantitative estimate of drug-likeness (QED) is 0.363. The molecule has 1 aliphatic rings. The molecule has 0 spiro atoms. The first-order valence-corrected chi connectivity index (χ1v) is 13.1. The fourth-order valence-corrected chi connectivity index (χ4v) is 6.01. The van der Waals surface area contributed by atoms with Gasteiger partial charge in [0.2, 0.25) is 5.91 Å². The van der Waals surface area contributed by atoms with Crippen molar-refractivity contribution in [2.75, 3.05) is 36.8 Å². The molecule has 9 heteroatoms. The van der Waals surface area contributed by atoms with Crippen LogP contribution in [0.1, 0.15) is 30.2 Å². The predicted octanol–water partition coefficient (Wildman–Crippen LogP) is 4.45. The van der Waals surface area contributed by atoms with E-state index in [9.17, 15) is 14.0 Å². The van der Waals surface area contributed by atoms with Gasteiger partial charge in [0.05, 0.1) is 11.1 Å². The van der Waals surface area contributed by atoms with E-state index in [1.54, 1.807) is 16.7 Å². The number of benzene rings is 1. The van der Waals surface area contributed by atoms with Crippen LogP contribution in [0.5, 0.6) is 0 Å². The van der Waals surface area contributed by atoms with Gasteiger partial charge in [0, 0.05) is 43.3 Å². The van der Waals surface area contributed by atoms with Crippen molar-refractivity contribution in [2.45, 2.75) is 45.3 Å². The standard InChI is InChI=1S/C24H29FN4O2S2/c1-4-5-10-29-23(31)21-16(2)17(3)33-22(21)26-24(29)32-15-20(30)28-13-11-27(12-14-28)19-8-6-18(25)7-9-19/h6-9H,4-5,10-15H2,1-3H3. The lowest BCUT2D eigenvalue weighted by molar-refractivity contribution is -0.128. The fraction of sp³-hybridized carbons (Fsp3) is 0.458. The van der Waals surface area contributed by atoms with Crippen LogP contribution < -0.4 is 10.5 Å². The molecule has 33 heavy (non-hydrogen) atoms. The van der Waals surface area contributed by atoms with Gasteiger partial charge in [-0.15, -0.1) is 11.3 Å². The second-order valence-electron chi connectivity index (χ2n) is 8.30. The third kappa shape index (κ3) is 5.09. The topological polar surface area (TPSA) is 58.4 Å². The van der Waals surface area contributed by atoms with Crippen LogP contribution in [0.15, 0.2) is 34.2 Å². The molecule has 176 valence electrons. The number of hydrogen-bond acceptors (Lipinski definition) is 6. The van der Waals surface area contributed by atoms with E-state index in [2.05, 4.69) is 11.8 Å². The lowest BCUT2D eigenvalue weighted by Crippen LogP contribution is -2.49. The Kier molecular flexibility index (Phi) is 7.38. The van der Waals surface area contributed by atoms with E-state index in [0.717, 1.165) is 33.8 Å². The van der Waals surface area contributed by atoms with Crippen LogP contribution in [-0.2, 0) is 11.3 Å². The maximum Gasteiger partial charge on any atom is 0.263 e. The van der Waals surface area contributed by atoms with E-state index in [1.807, 2.05) is 18.7 Å². The Morgan fingerprint density at radius 1 is 1.15 bits per heavy atom. The molecule has 2 aromatic heterocycles. The van der Waals surface area contributed by atoms with Crippen molar-refractivity contribution in [3.8, 4) is 0 Å². The predicted molar refractivity (Wildman–Crippen MR) is 134 cm³/mol. The summed E-state index contributed by atoms with van der Waals surface area (Å²) >= 11 is 2.89. The Labute approximate surface area is 201 Å². The molecule has 0 radical (unpaired) electrons. The monoisotopic (exact) mass is 488 g/mol. The first-order chi connectivity index (χ1) is 15.9. The summed E-state index contributed by atoms with van der Waals surface area (Å²) in [5.74, 6) is 0.0552. The van der Waals surface area contributed by atoms with Crippen LogP contribution in [0.2, 0.25) is 0 Å². The Morgan fingerprint density at radius 3 is 2.52 bits per heavy atom. The molecule has 0 saturated carbocycles. The number of aryl methyl sites for hydroxylation is 2. The highest BCUT2D eigenvalue weighted by atomic mass is 32.2. The van der Waals surface area contributed by atoms with Crippen LogP contribution in [0.25, 0.3) is 10.2 Å². The maximum atomic E-state index is 13.2. The molecular weight excluding hydrogens is 459 g/mol. The average Bonchev–Trinajstić information content (AvgIpc) is 3.11. The molecule has 3 aromatic rings. The largest absolute Gasteiger partial charge is 0.368 e. The number of fused-ring (bicyclic) bond motifs is 1. The molecule has 4 rings (SSSR count). The van der Waals surface area contributed by atoms with Crippen LogP contribution in [0.3, 0.4) is 0 Å². The van der Waals surface area contributed by atoms with Gasteiger partial charge in [-0.1, -0.05) is 25.1 Å². The van der Waals surface area contributed by atoms with Gasteiger partial charge in [0.1, 0.15) is 10.6 Å². The first-order valence-electron chi connectivity index (χ1n) is 11.3. The number of unbranched alkanes of at least 4 members (excludes halogenated alkanes) is 1. The van der Waals surface area contributed by atoms with Crippen LogP contribution in [0.4, 0.5) is 10.1 Å². The summed E-state index contributed by atoms with van der Waals surface area (Å²) < 4.78 is 14.9. The summed E-state index contributed by atoms with van der Waals surface area (Å²) in [7, 11) is 0. The van der Waals surface area contributed by atoms with Gasteiger partial charge in [-0.05, 0) is 50.1 Å². The molecular formula is C24H29FN4O2S2. The zero-order valence-corrected chi connectivity index (χ0v) is 20.9. The summed E-state index contributed by atoms with van der Waals surface area (Å²) in [6, 6.07) is 6.46. The second kappa shape index (κ2) is 10.3. The number of hydrogen-bond donors (Lipinski definition) is 0. The summed E-state index contributed by atoms with van der Waals surface area (Å²) in [4.78, 5) is 36.8. The average molecular weight is 489 g/mol. The third-order valence-corrected chi connectivity index (χ3v) is 8.20. The molecule has 1 aromatic carbocycles. The van der Waals surface area contributed by atoms with E-state index >= 15 is 0 Å². The number of thioether (sulfide) groups is 1. The number of anilines is 1. The number of piperazine rings is 1. The minimum atomic E-state index is -0.248. The number of rotatable bonds is 7. The number of carbonyl (C=O) groups excluding carboxylic acids is 1. The highest BCUT2D eigenvalue weighted by molar-refractivity contribution is 7.99. The van der Waals surface area contributed by atoms with Gasteiger partial charge >= 0.3 is 0 Å². The number of amides is 1. The minimum Gasteiger partial charge on any atom is -0.368 e. The smallest absolute Gasteiger partial charge is 0.263 e. The lowest BCUT2D eigenvalue weighted by Gasteiger charge is -2.36. The van der Waals surface area contributed by atoms with Gasteiger partial charge in [-0.2, -0.15) is 0 Å². The SMILES string of the molecule is CCCCn1c(SCC(=O)N2CCN(c3ccc(F)cc3)CC2)nc2sc(C)c(C)c2c1=O. The maximum absolute atomic E-state index is 13.2. The van der Waals surface area contributed by atoms with Crippen LogP contribution in [-0.4, -0.2) is 52.3 Å². The Hall–Kier alpha value is -2.39. The van der Waals surface area contributed by atoms with E-state index < -0.39 is 0 Å². The molecule has 0 bridgehead atoms.